The molecule has 0 bridgehead atoms. The highest BCUT2D eigenvalue weighted by Gasteiger charge is 2.13. The van der Waals surface area contributed by atoms with E-state index in [4.69, 9.17) is 0 Å². The maximum absolute atomic E-state index is 3.78. The van der Waals surface area contributed by atoms with Crippen molar-refractivity contribution in [3.63, 3.8) is 0 Å². The summed E-state index contributed by atoms with van der Waals surface area (Å²) in [4.78, 5) is 0. The largest absolute Gasteiger partial charge is 0.0988 e. The van der Waals surface area contributed by atoms with Gasteiger partial charge in [-0.3, -0.25) is 0 Å². The van der Waals surface area contributed by atoms with Crippen molar-refractivity contribution in [1.29, 1.82) is 0 Å². The van der Waals surface area contributed by atoms with Crippen molar-refractivity contribution in [2.75, 3.05) is 0 Å². The zero-order valence-electron chi connectivity index (χ0n) is 16.6. The standard InChI is InChI=1S/C15H20.C8H9.C2H6/c1-4-6-7-9-14-10-8-11-15(14)12-13(3)5-2;1-7(2)8-5-3-4-6-8;1-2/h4-7,9,11-12,14H,2,8,10H2,1,3H3;3,5-6H,1-2,4H2;1-2H3/b6-4-,9-7-,13-12-;;. The fourth-order valence-electron chi connectivity index (χ4n) is 2.47. The van der Waals surface area contributed by atoms with Crippen molar-refractivity contribution >= 4 is 0 Å². The molecular formula is C25H35. The highest BCUT2D eigenvalue weighted by molar-refractivity contribution is 5.43. The molecule has 2 aliphatic carbocycles. The van der Waals surface area contributed by atoms with Crippen molar-refractivity contribution in [3.05, 3.63) is 103 Å². The first-order valence-corrected chi connectivity index (χ1v) is 9.26. The maximum atomic E-state index is 3.78. The third-order valence-corrected chi connectivity index (χ3v) is 3.83. The normalized spacial score (nSPS) is 19.1. The molecule has 0 saturated heterocycles. The molecule has 0 aliphatic heterocycles. The third-order valence-electron chi connectivity index (χ3n) is 3.83. The van der Waals surface area contributed by atoms with Crippen LogP contribution in [0.2, 0.25) is 0 Å². The van der Waals surface area contributed by atoms with Crippen molar-refractivity contribution in [2.45, 2.75) is 47.0 Å². The topological polar surface area (TPSA) is 0 Å². The van der Waals surface area contributed by atoms with Crippen molar-refractivity contribution < 1.29 is 0 Å². The lowest BCUT2D eigenvalue weighted by atomic mass is 9.99. The van der Waals surface area contributed by atoms with Gasteiger partial charge in [0.15, 0.2) is 0 Å². The third kappa shape index (κ3) is 9.72. The molecule has 0 aromatic heterocycles. The van der Waals surface area contributed by atoms with Gasteiger partial charge in [-0.15, -0.1) is 0 Å². The smallest absolute Gasteiger partial charge is 0.00209 e. The van der Waals surface area contributed by atoms with Crippen LogP contribution < -0.4 is 0 Å². The lowest BCUT2D eigenvalue weighted by molar-refractivity contribution is 0.752. The van der Waals surface area contributed by atoms with Gasteiger partial charge in [-0.1, -0.05) is 93.3 Å². The van der Waals surface area contributed by atoms with E-state index in [1.807, 2.05) is 26.8 Å². The Bertz CT molecular complexity index is 586. The lowest BCUT2D eigenvalue weighted by Crippen LogP contribution is -1.92. The average Bonchev–Trinajstić information content (AvgIpc) is 3.30. The summed E-state index contributed by atoms with van der Waals surface area (Å²) in [5.41, 5.74) is 4.78. The van der Waals surface area contributed by atoms with Gasteiger partial charge in [0.2, 0.25) is 0 Å². The summed E-state index contributed by atoms with van der Waals surface area (Å²) in [6.07, 6.45) is 24.8. The Morgan fingerprint density at radius 2 is 1.92 bits per heavy atom. The summed E-state index contributed by atoms with van der Waals surface area (Å²) in [7, 11) is 0. The summed E-state index contributed by atoms with van der Waals surface area (Å²) in [6.45, 7) is 19.3. The Labute approximate surface area is 156 Å². The number of allylic oxidation sites excluding steroid dienone is 14. The maximum Gasteiger partial charge on any atom is 0.00209 e. The molecule has 0 aromatic carbocycles. The Morgan fingerprint density at radius 1 is 1.20 bits per heavy atom. The molecule has 0 spiro atoms. The molecule has 1 radical (unpaired) electrons. The van der Waals surface area contributed by atoms with Gasteiger partial charge in [-0.25, -0.2) is 0 Å². The van der Waals surface area contributed by atoms with Crippen molar-refractivity contribution in [3.8, 4) is 0 Å². The van der Waals surface area contributed by atoms with E-state index in [9.17, 15) is 0 Å². The lowest BCUT2D eigenvalue weighted by Gasteiger charge is -2.06. The van der Waals surface area contributed by atoms with Gasteiger partial charge in [-0.2, -0.15) is 0 Å². The van der Waals surface area contributed by atoms with Crippen LogP contribution in [0.5, 0.6) is 0 Å². The van der Waals surface area contributed by atoms with Gasteiger partial charge >= 0.3 is 0 Å². The second kappa shape index (κ2) is 14.3. The molecule has 2 aliphatic rings. The molecule has 0 saturated carbocycles. The molecule has 0 fully saturated rings. The molecule has 1 atom stereocenters. The Balaban J connectivity index is 0.000000483. The quantitative estimate of drug-likeness (QED) is 0.448. The zero-order valence-corrected chi connectivity index (χ0v) is 16.6. The van der Waals surface area contributed by atoms with Crippen molar-refractivity contribution in [2.24, 2.45) is 5.92 Å². The zero-order chi connectivity index (χ0) is 19.1. The molecule has 0 aromatic rings. The van der Waals surface area contributed by atoms with E-state index in [0.717, 1.165) is 12.0 Å². The van der Waals surface area contributed by atoms with Crippen LogP contribution in [0.25, 0.3) is 0 Å². The van der Waals surface area contributed by atoms with Gasteiger partial charge in [0, 0.05) is 5.92 Å². The van der Waals surface area contributed by atoms with Crippen LogP contribution in [-0.2, 0) is 0 Å². The molecular weight excluding hydrogens is 300 g/mol. The molecule has 0 N–H and O–H groups in total. The molecule has 0 amide bonds. The number of hydrogen-bond donors (Lipinski definition) is 0. The minimum absolute atomic E-state index is 0.594. The molecule has 135 valence electrons. The van der Waals surface area contributed by atoms with Crippen LogP contribution in [0.15, 0.2) is 96.2 Å². The predicted molar refractivity (Wildman–Crippen MR) is 116 cm³/mol. The molecule has 0 heteroatoms. The second-order valence-electron chi connectivity index (χ2n) is 5.79. The minimum atomic E-state index is 0.594. The predicted octanol–water partition coefficient (Wildman–Crippen LogP) is 7.88. The van der Waals surface area contributed by atoms with Crippen molar-refractivity contribution in [1.82, 2.24) is 0 Å². The monoisotopic (exact) mass is 335 g/mol. The summed E-state index contributed by atoms with van der Waals surface area (Å²) in [5.74, 6) is 0.594. The first kappa shape index (κ1) is 22.9. The fraction of sp³-hybridized carbons (Fsp3) is 0.320. The molecule has 2 rings (SSSR count). The van der Waals surface area contributed by atoms with E-state index in [1.54, 1.807) is 0 Å². The first-order valence-electron chi connectivity index (χ1n) is 9.26. The van der Waals surface area contributed by atoms with E-state index >= 15 is 0 Å². The van der Waals surface area contributed by atoms with Crippen LogP contribution in [-0.4, -0.2) is 0 Å². The molecule has 0 nitrogen and oxygen atoms in total. The minimum Gasteiger partial charge on any atom is -0.0988 e. The van der Waals surface area contributed by atoms with Crippen LogP contribution in [0.3, 0.4) is 0 Å². The average molecular weight is 336 g/mol. The SMILES string of the molecule is C=C/C(C)=C\C1=CCCC1/C=C\C=C/C.CC.[CH2]C(=C)C1=CCC=C1. The Hall–Kier alpha value is -2.08. The van der Waals surface area contributed by atoms with Crippen LogP contribution in [0, 0.1) is 12.8 Å². The van der Waals surface area contributed by atoms with E-state index in [0.29, 0.717) is 5.92 Å². The Kier molecular flexibility index (Phi) is 13.1. The van der Waals surface area contributed by atoms with Gasteiger partial charge in [-0.05, 0) is 56.8 Å². The van der Waals surface area contributed by atoms with Crippen LogP contribution in [0.1, 0.15) is 47.0 Å². The van der Waals surface area contributed by atoms with Gasteiger partial charge in [0.05, 0.1) is 0 Å². The van der Waals surface area contributed by atoms with E-state index in [2.05, 4.69) is 81.7 Å². The summed E-state index contributed by atoms with van der Waals surface area (Å²) in [5, 5.41) is 0. The molecule has 1 unspecified atom stereocenters. The first-order chi connectivity index (χ1) is 12.1. The fourth-order valence-corrected chi connectivity index (χ4v) is 2.47. The number of rotatable bonds is 5. The van der Waals surface area contributed by atoms with Crippen LogP contribution in [0.4, 0.5) is 0 Å². The summed E-state index contributed by atoms with van der Waals surface area (Å²) >= 11 is 0. The highest BCUT2D eigenvalue weighted by atomic mass is 14.2. The van der Waals surface area contributed by atoms with Gasteiger partial charge < -0.3 is 0 Å². The van der Waals surface area contributed by atoms with Gasteiger partial charge in [0.1, 0.15) is 0 Å². The van der Waals surface area contributed by atoms with Gasteiger partial charge in [0.25, 0.3) is 0 Å². The van der Waals surface area contributed by atoms with E-state index in [1.165, 1.54) is 29.6 Å². The summed E-state index contributed by atoms with van der Waals surface area (Å²) < 4.78 is 0. The number of hydrogen-bond acceptors (Lipinski definition) is 0. The van der Waals surface area contributed by atoms with E-state index in [-0.39, 0.29) is 0 Å². The Morgan fingerprint density at radius 3 is 2.40 bits per heavy atom. The highest BCUT2D eigenvalue weighted by Crippen LogP contribution is 2.28. The second-order valence-corrected chi connectivity index (χ2v) is 5.79. The molecule has 25 heavy (non-hydrogen) atoms. The molecule has 0 heterocycles. The van der Waals surface area contributed by atoms with E-state index < -0.39 is 0 Å². The van der Waals surface area contributed by atoms with Crippen LogP contribution >= 0.6 is 0 Å². The summed E-state index contributed by atoms with van der Waals surface area (Å²) in [6, 6.07) is 0.